The predicted octanol–water partition coefficient (Wildman–Crippen LogP) is 10.2. The van der Waals surface area contributed by atoms with Crippen molar-refractivity contribution >= 4 is 55.3 Å². The maximum Gasteiger partial charge on any atom is 0.417 e. The van der Waals surface area contributed by atoms with Gasteiger partial charge in [-0.05, 0) is 98.9 Å². The zero-order chi connectivity index (χ0) is 45.3. The number of benzene rings is 2. The number of hydrogen-bond donors (Lipinski definition) is 1. The number of amides is 2. The molecule has 3 aliphatic rings. The summed E-state index contributed by atoms with van der Waals surface area (Å²) in [7, 11) is 0. The number of alkyl halides is 4. The molecule has 1 N–H and O–H groups in total. The molecule has 7 rings (SSSR count). The minimum absolute atomic E-state index is 0.0705. The van der Waals surface area contributed by atoms with Crippen LogP contribution in [0.4, 0.5) is 46.8 Å². The molecular weight excluding hydrogens is 841 g/mol. The first-order chi connectivity index (χ1) is 28.9. The summed E-state index contributed by atoms with van der Waals surface area (Å²) in [5, 5.41) is 11.8. The molecule has 0 saturated carbocycles. The molecule has 4 aromatic rings. The number of nitrogens with one attached hydrogen (secondary N) is 1. The van der Waals surface area contributed by atoms with Gasteiger partial charge in [-0.25, -0.2) is 22.8 Å². The molecule has 0 unspecified atom stereocenters. The van der Waals surface area contributed by atoms with Gasteiger partial charge in [0.2, 0.25) is 0 Å². The fourth-order valence-electron chi connectivity index (χ4n) is 8.96. The summed E-state index contributed by atoms with van der Waals surface area (Å²) in [6.45, 7) is 14.6. The van der Waals surface area contributed by atoms with Crippen molar-refractivity contribution in [3.63, 3.8) is 0 Å². The zero-order valence-corrected chi connectivity index (χ0v) is 36.5. The number of anilines is 2. The summed E-state index contributed by atoms with van der Waals surface area (Å²) >= 11 is 0.585. The Morgan fingerprint density at radius 1 is 1.08 bits per heavy atom. The number of likely N-dealkylation sites (tertiary alicyclic amines) is 1. The summed E-state index contributed by atoms with van der Waals surface area (Å²) in [5.41, 5.74) is -6.37. The highest BCUT2D eigenvalue weighted by Crippen LogP contribution is 2.49. The summed E-state index contributed by atoms with van der Waals surface area (Å²) < 4.78 is 111. The van der Waals surface area contributed by atoms with E-state index in [0.717, 1.165) is 24.6 Å². The fraction of sp³-hybridized carbons (Fsp3) is 0.558. The van der Waals surface area contributed by atoms with Gasteiger partial charge in [0, 0.05) is 48.4 Å². The first-order valence-electron chi connectivity index (χ1n) is 20.5. The van der Waals surface area contributed by atoms with Crippen LogP contribution in [0.2, 0.25) is 0 Å². The van der Waals surface area contributed by atoms with E-state index in [2.05, 4.69) is 15.3 Å². The van der Waals surface area contributed by atoms with Crippen LogP contribution >= 0.6 is 11.3 Å². The van der Waals surface area contributed by atoms with E-state index in [1.807, 2.05) is 17.9 Å². The van der Waals surface area contributed by atoms with Gasteiger partial charge >= 0.3 is 24.4 Å². The van der Waals surface area contributed by atoms with Crippen molar-refractivity contribution in [3.05, 3.63) is 41.0 Å². The molecule has 3 aliphatic heterocycles. The van der Waals surface area contributed by atoms with Gasteiger partial charge in [-0.1, -0.05) is 6.07 Å². The first kappa shape index (κ1) is 44.9. The lowest BCUT2D eigenvalue weighted by Gasteiger charge is -2.32. The molecule has 3 fully saturated rings. The maximum atomic E-state index is 17.7. The number of nitriles is 1. The second-order valence-electron chi connectivity index (χ2n) is 18.2. The molecule has 12 nitrogen and oxygen atoms in total. The fourth-order valence-corrected chi connectivity index (χ4v) is 10.0. The molecule has 0 aliphatic carbocycles. The van der Waals surface area contributed by atoms with Crippen LogP contribution in [0, 0.1) is 23.0 Å². The quantitative estimate of drug-likeness (QED) is 0.171. The topological polar surface area (TPSA) is 133 Å². The summed E-state index contributed by atoms with van der Waals surface area (Å²) in [4.78, 5) is 40.3. The number of ether oxygens (including phenoxy) is 3. The van der Waals surface area contributed by atoms with Gasteiger partial charge in [0.1, 0.15) is 52.2 Å². The first-order valence-corrected chi connectivity index (χ1v) is 21.3. The van der Waals surface area contributed by atoms with Crippen molar-refractivity contribution in [1.82, 2.24) is 19.8 Å². The molecule has 2 aromatic heterocycles. The Labute approximate surface area is 359 Å². The minimum Gasteiger partial charge on any atom is -0.461 e. The monoisotopic (exact) mass is 889 g/mol. The van der Waals surface area contributed by atoms with E-state index in [1.54, 1.807) is 53.4 Å². The molecular formula is C43H49F6N7O5S. The van der Waals surface area contributed by atoms with Gasteiger partial charge in [-0.2, -0.15) is 28.4 Å². The lowest BCUT2D eigenvalue weighted by molar-refractivity contribution is -0.137. The van der Waals surface area contributed by atoms with E-state index in [9.17, 15) is 19.2 Å². The SMILES string of the molecule is CCN(c1nc(OC[C@@]23CCCN2C[C@H](F)C3)nc2c(F)c(-c3ccc(F)c4sc(NC(=O)OC(C)(C)C)c(C#N)c34)c(C(F)(F)F)cc12)[C@H]1C[C@H](C)N(C(=O)OC(C)(C)C)C1. The standard InChI is InChI=1S/C43H49F6N7O5S/c1-9-55(24-15-22(2)56(20-24)39(58)61-41(6,7)8)35-26-16-28(43(47,48)49)31(32(46)33(26)51-37(52-35)59-21-42-13-10-14-54(42)19-23(44)17-42)25-11-12-29(45)34-30(25)27(18-50)36(62-34)53-38(57)60-40(3,4)5/h11-12,16,22-24H,9-10,13-15,17,19-21H2,1-8H3,(H,53,57)/t22-,23+,24-,42-/m0/s1. The Hall–Kier alpha value is -5.09. The van der Waals surface area contributed by atoms with Crippen molar-refractivity contribution in [2.75, 3.05) is 43.0 Å². The molecule has 19 heteroatoms. The van der Waals surface area contributed by atoms with Crippen molar-refractivity contribution in [3.8, 4) is 23.2 Å². The Kier molecular flexibility index (Phi) is 11.8. The van der Waals surface area contributed by atoms with Crippen LogP contribution in [-0.4, -0.2) is 99.7 Å². The Morgan fingerprint density at radius 3 is 2.44 bits per heavy atom. The molecule has 0 radical (unpaired) electrons. The van der Waals surface area contributed by atoms with Crippen molar-refractivity contribution in [2.45, 2.75) is 122 Å². The smallest absolute Gasteiger partial charge is 0.417 e. The van der Waals surface area contributed by atoms with E-state index in [4.69, 9.17) is 14.2 Å². The number of fused-ring (bicyclic) bond motifs is 3. The van der Waals surface area contributed by atoms with E-state index in [1.165, 1.54) is 4.90 Å². The number of likely N-dealkylation sites (N-methyl/N-ethyl adjacent to an activating group) is 1. The normalized spacial score (nSPS) is 22.0. The summed E-state index contributed by atoms with van der Waals surface area (Å²) in [6, 6.07) is 3.16. The van der Waals surface area contributed by atoms with E-state index in [-0.39, 0.29) is 71.0 Å². The second kappa shape index (κ2) is 16.2. The van der Waals surface area contributed by atoms with Crippen molar-refractivity contribution in [2.24, 2.45) is 0 Å². The number of hydrogen-bond acceptors (Lipinski definition) is 11. The van der Waals surface area contributed by atoms with Crippen LogP contribution in [0.1, 0.15) is 92.2 Å². The summed E-state index contributed by atoms with van der Waals surface area (Å²) in [5.74, 6) is -2.47. The largest absolute Gasteiger partial charge is 0.461 e. The third kappa shape index (κ3) is 8.64. The average Bonchev–Trinajstić information content (AvgIpc) is 3.90. The molecule has 334 valence electrons. The number of carbonyl (C=O) groups excluding carboxylic acids is 2. The van der Waals surface area contributed by atoms with Crippen LogP contribution in [0.3, 0.4) is 0 Å². The Morgan fingerprint density at radius 2 is 1.79 bits per heavy atom. The lowest BCUT2D eigenvalue weighted by atomic mass is 9.92. The zero-order valence-electron chi connectivity index (χ0n) is 35.7. The Bertz CT molecular complexity index is 2460. The van der Waals surface area contributed by atoms with Gasteiger partial charge < -0.3 is 24.0 Å². The molecule has 62 heavy (non-hydrogen) atoms. The molecule has 3 saturated heterocycles. The van der Waals surface area contributed by atoms with Crippen molar-refractivity contribution in [1.29, 1.82) is 5.26 Å². The highest BCUT2D eigenvalue weighted by molar-refractivity contribution is 7.23. The maximum absolute atomic E-state index is 17.7. The van der Waals surface area contributed by atoms with Crippen molar-refractivity contribution < 1.29 is 50.1 Å². The highest BCUT2D eigenvalue weighted by atomic mass is 32.1. The molecule has 0 bridgehead atoms. The number of carbonyl (C=O) groups is 2. The number of aromatic nitrogens is 2. The molecule has 0 spiro atoms. The number of rotatable bonds is 8. The molecule has 2 aromatic carbocycles. The number of thiophene rings is 1. The van der Waals surface area contributed by atoms with E-state index in [0.29, 0.717) is 30.7 Å². The predicted molar refractivity (Wildman–Crippen MR) is 222 cm³/mol. The Balaban J connectivity index is 1.42. The van der Waals surface area contributed by atoms with Gasteiger partial charge in [0.15, 0.2) is 5.82 Å². The van der Waals surface area contributed by atoms with Crippen LogP contribution in [0.15, 0.2) is 18.2 Å². The molecule has 2 amide bonds. The number of halogens is 6. The third-order valence-corrected chi connectivity index (χ3v) is 12.6. The minimum atomic E-state index is -5.22. The average molecular weight is 890 g/mol. The second-order valence-corrected chi connectivity index (χ2v) is 19.2. The van der Waals surface area contributed by atoms with E-state index >= 15 is 22.0 Å². The van der Waals surface area contributed by atoms with E-state index < -0.39 is 86.7 Å². The van der Waals surface area contributed by atoms with Crippen LogP contribution in [-0.2, 0) is 15.7 Å². The van der Waals surface area contributed by atoms with Gasteiger partial charge in [0.25, 0.3) is 0 Å². The lowest BCUT2D eigenvalue weighted by Crippen LogP contribution is -2.43. The van der Waals surface area contributed by atoms with Crippen LogP contribution < -0.4 is 15.0 Å². The van der Waals surface area contributed by atoms with Gasteiger partial charge in [-0.15, -0.1) is 11.3 Å². The highest BCUT2D eigenvalue weighted by Gasteiger charge is 2.50. The van der Waals surface area contributed by atoms with Gasteiger partial charge in [-0.3, -0.25) is 10.2 Å². The molecule has 5 heterocycles. The molecule has 4 atom stereocenters. The summed E-state index contributed by atoms with van der Waals surface area (Å²) in [6.07, 6.45) is -5.92. The van der Waals surface area contributed by atoms with Crippen LogP contribution in [0.5, 0.6) is 6.01 Å². The van der Waals surface area contributed by atoms with Gasteiger partial charge in [0.05, 0.1) is 27.4 Å². The van der Waals surface area contributed by atoms with Crippen LogP contribution in [0.25, 0.3) is 32.1 Å². The number of nitrogens with zero attached hydrogens (tertiary/aromatic N) is 6. The third-order valence-electron chi connectivity index (χ3n) is 11.4.